The van der Waals surface area contributed by atoms with Gasteiger partial charge in [-0.1, -0.05) is 36.4 Å². The van der Waals surface area contributed by atoms with Crippen LogP contribution < -0.4 is 5.32 Å². The van der Waals surface area contributed by atoms with Crippen molar-refractivity contribution in [2.75, 3.05) is 6.54 Å². The van der Waals surface area contributed by atoms with Crippen LogP contribution in [0.5, 0.6) is 0 Å². The molecular weight excluding hydrogens is 265 g/mol. The van der Waals surface area contributed by atoms with Crippen LogP contribution in [0.3, 0.4) is 0 Å². The fourth-order valence-electron chi connectivity index (χ4n) is 3.22. The lowest BCUT2D eigenvalue weighted by Gasteiger charge is -2.38. The third kappa shape index (κ3) is 2.99. The third-order valence-corrected chi connectivity index (χ3v) is 4.18. The Hall–Kier alpha value is -1.71. The van der Waals surface area contributed by atoms with Gasteiger partial charge in [0.15, 0.2) is 0 Å². The van der Waals surface area contributed by atoms with Crippen molar-refractivity contribution in [2.45, 2.75) is 31.4 Å². The molecule has 2 atom stereocenters. The minimum Gasteiger partial charge on any atom is -0.388 e. The molecule has 21 heavy (non-hydrogen) atoms. The zero-order valence-corrected chi connectivity index (χ0v) is 12.1. The summed E-state index contributed by atoms with van der Waals surface area (Å²) in [5.74, 6) is -0.264. The number of rotatable bonds is 3. The van der Waals surface area contributed by atoms with E-state index in [1.807, 2.05) is 25.1 Å². The van der Waals surface area contributed by atoms with Gasteiger partial charge in [-0.2, -0.15) is 0 Å². The predicted molar refractivity (Wildman–Crippen MR) is 81.6 cm³/mol. The van der Waals surface area contributed by atoms with Gasteiger partial charge in [-0.05, 0) is 48.7 Å². The molecule has 0 fully saturated rings. The molecule has 1 aliphatic heterocycles. The van der Waals surface area contributed by atoms with E-state index in [-0.39, 0.29) is 11.9 Å². The normalized spacial score (nSPS) is 20.6. The van der Waals surface area contributed by atoms with Gasteiger partial charge in [-0.15, -0.1) is 0 Å². The Kier molecular flexibility index (Phi) is 3.79. The van der Waals surface area contributed by atoms with Crippen molar-refractivity contribution in [1.29, 1.82) is 0 Å². The number of nitrogens with one attached hydrogen (secondary N) is 1. The Morgan fingerprint density at radius 3 is 2.86 bits per heavy atom. The molecule has 0 bridgehead atoms. The largest absolute Gasteiger partial charge is 0.388 e. The Morgan fingerprint density at radius 1 is 1.24 bits per heavy atom. The first-order chi connectivity index (χ1) is 10.1. The van der Waals surface area contributed by atoms with Crippen LogP contribution in [0.25, 0.3) is 0 Å². The van der Waals surface area contributed by atoms with Gasteiger partial charge in [0.2, 0.25) is 0 Å². The molecule has 1 aliphatic rings. The van der Waals surface area contributed by atoms with Crippen LogP contribution >= 0.6 is 0 Å². The van der Waals surface area contributed by atoms with Crippen LogP contribution in [0.4, 0.5) is 4.39 Å². The first-order valence-electron chi connectivity index (χ1n) is 7.34. The average Bonchev–Trinajstić information content (AvgIpc) is 2.46. The maximum absolute atomic E-state index is 13.3. The number of hydrogen-bond acceptors (Lipinski definition) is 2. The number of benzene rings is 2. The molecule has 2 unspecified atom stereocenters. The highest BCUT2D eigenvalue weighted by atomic mass is 19.1. The Balaban J connectivity index is 1.89. The lowest BCUT2D eigenvalue weighted by atomic mass is 9.81. The van der Waals surface area contributed by atoms with E-state index in [0.29, 0.717) is 6.42 Å². The fraction of sp³-hybridized carbons (Fsp3) is 0.333. The van der Waals surface area contributed by atoms with Crippen molar-refractivity contribution >= 4 is 0 Å². The topological polar surface area (TPSA) is 32.3 Å². The van der Waals surface area contributed by atoms with Gasteiger partial charge in [0.25, 0.3) is 0 Å². The zero-order valence-electron chi connectivity index (χ0n) is 12.1. The van der Waals surface area contributed by atoms with Gasteiger partial charge in [0.05, 0.1) is 11.6 Å². The first kappa shape index (κ1) is 14.2. The van der Waals surface area contributed by atoms with Gasteiger partial charge in [0.1, 0.15) is 5.82 Å². The van der Waals surface area contributed by atoms with Crippen LogP contribution in [0.2, 0.25) is 0 Å². The predicted octanol–water partition coefficient (Wildman–Crippen LogP) is 3.01. The Labute approximate surface area is 124 Å². The fourth-order valence-corrected chi connectivity index (χ4v) is 3.22. The van der Waals surface area contributed by atoms with Gasteiger partial charge in [-0.3, -0.25) is 0 Å². The highest BCUT2D eigenvalue weighted by Crippen LogP contribution is 2.33. The smallest absolute Gasteiger partial charge is 0.123 e. The summed E-state index contributed by atoms with van der Waals surface area (Å²) in [6.07, 6.45) is 1.39. The van der Waals surface area contributed by atoms with Crippen LogP contribution in [0.1, 0.15) is 29.7 Å². The quantitative estimate of drug-likeness (QED) is 0.908. The number of hydrogen-bond donors (Lipinski definition) is 2. The van der Waals surface area contributed by atoms with E-state index in [9.17, 15) is 9.50 Å². The second kappa shape index (κ2) is 5.58. The van der Waals surface area contributed by atoms with E-state index < -0.39 is 5.60 Å². The third-order valence-electron chi connectivity index (χ3n) is 4.18. The van der Waals surface area contributed by atoms with E-state index in [1.54, 1.807) is 6.07 Å². The van der Waals surface area contributed by atoms with Crippen molar-refractivity contribution in [3.63, 3.8) is 0 Å². The maximum atomic E-state index is 13.3. The van der Waals surface area contributed by atoms with E-state index in [0.717, 1.165) is 24.1 Å². The van der Waals surface area contributed by atoms with Gasteiger partial charge in [-0.25, -0.2) is 4.39 Å². The molecule has 0 radical (unpaired) electrons. The van der Waals surface area contributed by atoms with E-state index >= 15 is 0 Å². The second-order valence-corrected chi connectivity index (χ2v) is 6.00. The summed E-state index contributed by atoms with van der Waals surface area (Å²) < 4.78 is 13.3. The zero-order chi connectivity index (χ0) is 14.9. The van der Waals surface area contributed by atoms with Gasteiger partial charge in [0, 0.05) is 6.42 Å². The van der Waals surface area contributed by atoms with Crippen LogP contribution in [0.15, 0.2) is 48.5 Å². The van der Waals surface area contributed by atoms with Crippen LogP contribution in [-0.2, 0) is 12.8 Å². The molecule has 0 amide bonds. The highest BCUT2D eigenvalue weighted by molar-refractivity contribution is 5.35. The van der Waals surface area contributed by atoms with Crippen LogP contribution in [0, 0.1) is 5.82 Å². The van der Waals surface area contributed by atoms with Crippen molar-refractivity contribution in [1.82, 2.24) is 5.32 Å². The van der Waals surface area contributed by atoms with Crippen molar-refractivity contribution < 1.29 is 9.50 Å². The lowest BCUT2D eigenvalue weighted by molar-refractivity contribution is 0.0165. The molecule has 110 valence electrons. The number of halogens is 1. The summed E-state index contributed by atoms with van der Waals surface area (Å²) in [5, 5.41) is 14.4. The summed E-state index contributed by atoms with van der Waals surface area (Å²) in [6, 6.07) is 14.5. The molecule has 0 saturated heterocycles. The van der Waals surface area contributed by atoms with Crippen molar-refractivity contribution in [3.8, 4) is 0 Å². The van der Waals surface area contributed by atoms with E-state index in [1.165, 1.54) is 17.7 Å². The SMILES string of the molecule is CC(O)(Cc1cccc(F)c1)C1NCCc2ccccc21. The monoisotopic (exact) mass is 285 g/mol. The van der Waals surface area contributed by atoms with E-state index in [4.69, 9.17) is 0 Å². The summed E-state index contributed by atoms with van der Waals surface area (Å²) >= 11 is 0. The average molecular weight is 285 g/mol. The molecule has 0 saturated carbocycles. The maximum Gasteiger partial charge on any atom is 0.123 e. The molecule has 1 heterocycles. The summed E-state index contributed by atoms with van der Waals surface area (Å²) in [4.78, 5) is 0. The number of fused-ring (bicyclic) bond motifs is 1. The minimum absolute atomic E-state index is 0.134. The molecular formula is C18H20FNO. The first-order valence-corrected chi connectivity index (χ1v) is 7.34. The molecule has 2 N–H and O–H groups in total. The molecule has 2 aromatic rings. The highest BCUT2D eigenvalue weighted by Gasteiger charge is 2.35. The molecule has 0 spiro atoms. The molecule has 3 rings (SSSR count). The lowest BCUT2D eigenvalue weighted by Crippen LogP contribution is -2.46. The summed E-state index contributed by atoms with van der Waals surface area (Å²) in [5.41, 5.74) is 2.26. The summed E-state index contributed by atoms with van der Waals surface area (Å²) in [7, 11) is 0. The summed E-state index contributed by atoms with van der Waals surface area (Å²) in [6.45, 7) is 2.67. The van der Waals surface area contributed by atoms with Crippen molar-refractivity contribution in [2.24, 2.45) is 0 Å². The Morgan fingerprint density at radius 2 is 2.05 bits per heavy atom. The molecule has 3 heteroatoms. The molecule has 2 aromatic carbocycles. The minimum atomic E-state index is -0.968. The van der Waals surface area contributed by atoms with E-state index in [2.05, 4.69) is 17.4 Å². The molecule has 2 nitrogen and oxygen atoms in total. The molecule has 0 aliphatic carbocycles. The van der Waals surface area contributed by atoms with Gasteiger partial charge < -0.3 is 10.4 Å². The standard InChI is InChI=1S/C18H20FNO/c1-18(21,12-13-5-4-7-15(19)11-13)17-16-8-3-2-6-14(16)9-10-20-17/h2-8,11,17,20-21H,9-10,12H2,1H3. The molecule has 0 aromatic heterocycles. The Bertz CT molecular complexity index is 639. The number of aliphatic hydroxyl groups is 1. The van der Waals surface area contributed by atoms with Crippen LogP contribution in [-0.4, -0.2) is 17.3 Å². The second-order valence-electron chi connectivity index (χ2n) is 6.00. The van der Waals surface area contributed by atoms with Crippen molar-refractivity contribution in [3.05, 3.63) is 71.0 Å². The van der Waals surface area contributed by atoms with Gasteiger partial charge >= 0.3 is 0 Å².